The highest BCUT2D eigenvalue weighted by atomic mass is 32.1. The fraction of sp³-hybridized carbons (Fsp3) is 0.273. The largest absolute Gasteiger partial charge is 0.495 e. The van der Waals surface area contributed by atoms with Crippen LogP contribution >= 0.6 is 11.3 Å². The van der Waals surface area contributed by atoms with Crippen LogP contribution in [-0.2, 0) is 16.0 Å². The number of hydrogen-bond donors (Lipinski definition) is 2. The number of hydrogen-bond acceptors (Lipinski definition) is 6. The molecule has 1 heterocycles. The van der Waals surface area contributed by atoms with Gasteiger partial charge in [0.05, 0.1) is 24.9 Å². The topological polar surface area (TPSA) is 72.5 Å². The molecule has 3 rings (SSSR count). The predicted octanol–water partition coefficient (Wildman–Crippen LogP) is 4.26. The molecular formula is C22H25N3O3S. The summed E-state index contributed by atoms with van der Waals surface area (Å²) in [5.41, 5.74) is 2.64. The highest BCUT2D eigenvalue weighted by Crippen LogP contribution is 2.35. The second kappa shape index (κ2) is 10.6. The van der Waals surface area contributed by atoms with Gasteiger partial charge in [0.2, 0.25) is 5.91 Å². The molecule has 2 N–H and O–H groups in total. The molecule has 0 aliphatic heterocycles. The van der Waals surface area contributed by atoms with Crippen LogP contribution in [0.25, 0.3) is 11.3 Å². The lowest BCUT2D eigenvalue weighted by Crippen LogP contribution is -2.26. The van der Waals surface area contributed by atoms with Crippen molar-refractivity contribution in [3.8, 4) is 17.0 Å². The van der Waals surface area contributed by atoms with E-state index < -0.39 is 0 Å². The van der Waals surface area contributed by atoms with Gasteiger partial charge in [-0.2, -0.15) is 0 Å². The number of nitrogens with one attached hydrogen (secondary N) is 2. The number of aromatic nitrogens is 1. The number of thiazole rings is 1. The minimum Gasteiger partial charge on any atom is -0.495 e. The Bertz CT molecular complexity index is 928. The van der Waals surface area contributed by atoms with Crippen molar-refractivity contribution in [3.63, 3.8) is 0 Å². The van der Waals surface area contributed by atoms with E-state index in [0.717, 1.165) is 39.1 Å². The van der Waals surface area contributed by atoms with Crippen molar-refractivity contribution in [1.82, 2.24) is 10.3 Å². The average Bonchev–Trinajstić information content (AvgIpc) is 3.14. The summed E-state index contributed by atoms with van der Waals surface area (Å²) in [5.74, 6) is 0.715. The number of methoxy groups -OCH3 is 2. The van der Waals surface area contributed by atoms with E-state index >= 15 is 0 Å². The maximum absolute atomic E-state index is 12.4. The monoisotopic (exact) mass is 411 g/mol. The van der Waals surface area contributed by atoms with Gasteiger partial charge in [-0.25, -0.2) is 4.98 Å². The molecule has 6 nitrogen and oxygen atoms in total. The Morgan fingerprint density at radius 3 is 2.59 bits per heavy atom. The summed E-state index contributed by atoms with van der Waals surface area (Å²) < 4.78 is 10.4. The van der Waals surface area contributed by atoms with Gasteiger partial charge in [-0.15, -0.1) is 11.3 Å². The molecular weight excluding hydrogens is 386 g/mol. The summed E-state index contributed by atoms with van der Waals surface area (Å²) in [6.45, 7) is 1.22. The summed E-state index contributed by atoms with van der Waals surface area (Å²) in [5, 5.41) is 6.98. The Kier molecular flexibility index (Phi) is 7.61. The Labute approximate surface area is 174 Å². The van der Waals surface area contributed by atoms with Crippen molar-refractivity contribution < 1.29 is 14.3 Å². The predicted molar refractivity (Wildman–Crippen MR) is 117 cm³/mol. The quantitative estimate of drug-likeness (QED) is 0.488. The van der Waals surface area contributed by atoms with Gasteiger partial charge in [-0.1, -0.05) is 42.5 Å². The number of nitrogens with zero attached hydrogens (tertiary/aromatic N) is 1. The maximum Gasteiger partial charge on any atom is 0.225 e. The third-order valence-electron chi connectivity index (χ3n) is 4.26. The highest BCUT2D eigenvalue weighted by molar-refractivity contribution is 7.16. The summed E-state index contributed by atoms with van der Waals surface area (Å²) in [7, 11) is 3.29. The molecule has 0 saturated heterocycles. The van der Waals surface area contributed by atoms with Crippen LogP contribution in [0.1, 0.15) is 11.3 Å². The molecule has 0 aliphatic carbocycles. The lowest BCUT2D eigenvalue weighted by molar-refractivity contribution is -0.120. The fourth-order valence-corrected chi connectivity index (χ4v) is 3.86. The molecule has 0 saturated carbocycles. The minimum absolute atomic E-state index is 0.0224. The van der Waals surface area contributed by atoms with Crippen LogP contribution in [0.3, 0.4) is 0 Å². The average molecular weight is 412 g/mol. The van der Waals surface area contributed by atoms with Crippen molar-refractivity contribution in [2.75, 3.05) is 32.7 Å². The van der Waals surface area contributed by atoms with Gasteiger partial charge in [0.1, 0.15) is 5.75 Å². The Hall–Kier alpha value is -2.90. The zero-order chi connectivity index (χ0) is 20.5. The highest BCUT2D eigenvalue weighted by Gasteiger charge is 2.17. The third kappa shape index (κ3) is 5.79. The van der Waals surface area contributed by atoms with Crippen LogP contribution in [0.2, 0.25) is 0 Å². The van der Waals surface area contributed by atoms with Crippen molar-refractivity contribution in [1.29, 1.82) is 0 Å². The number of carbonyl (C=O) groups excluding carboxylic acids is 1. The Balaban J connectivity index is 1.81. The van der Waals surface area contributed by atoms with E-state index in [1.54, 1.807) is 14.2 Å². The number of anilines is 2. The molecule has 7 heteroatoms. The molecule has 0 bridgehead atoms. The lowest BCUT2D eigenvalue weighted by atomic mass is 10.1. The van der Waals surface area contributed by atoms with Crippen LogP contribution in [0.4, 0.5) is 10.8 Å². The second-order valence-electron chi connectivity index (χ2n) is 6.36. The van der Waals surface area contributed by atoms with Gasteiger partial charge in [0, 0.05) is 30.7 Å². The van der Waals surface area contributed by atoms with E-state index in [-0.39, 0.29) is 12.3 Å². The molecule has 2 aromatic carbocycles. The third-order valence-corrected chi connectivity index (χ3v) is 5.23. The lowest BCUT2D eigenvalue weighted by Gasteiger charge is -2.08. The molecule has 0 fully saturated rings. The summed E-state index contributed by atoms with van der Waals surface area (Å²) in [6.07, 6.45) is 1.07. The summed E-state index contributed by atoms with van der Waals surface area (Å²) in [6, 6.07) is 17.6. The first kappa shape index (κ1) is 20.8. The number of ether oxygens (including phenoxy) is 2. The van der Waals surface area contributed by atoms with E-state index in [2.05, 4.69) is 10.6 Å². The molecule has 1 amide bonds. The zero-order valence-electron chi connectivity index (χ0n) is 16.6. The van der Waals surface area contributed by atoms with E-state index in [4.69, 9.17) is 14.5 Å². The second-order valence-corrected chi connectivity index (χ2v) is 7.44. The zero-order valence-corrected chi connectivity index (χ0v) is 17.4. The van der Waals surface area contributed by atoms with E-state index in [1.807, 2.05) is 54.6 Å². The SMILES string of the molecule is COCCCNC(=O)Cc1sc(Nc2ccccc2OC)nc1-c1ccccc1. The van der Waals surface area contributed by atoms with Gasteiger partial charge < -0.3 is 20.1 Å². The number of benzene rings is 2. The number of para-hydroxylation sites is 2. The van der Waals surface area contributed by atoms with Crippen LogP contribution in [0.15, 0.2) is 54.6 Å². The van der Waals surface area contributed by atoms with Crippen molar-refractivity contribution in [2.45, 2.75) is 12.8 Å². The summed E-state index contributed by atoms with van der Waals surface area (Å²) >= 11 is 1.48. The van der Waals surface area contributed by atoms with Gasteiger partial charge >= 0.3 is 0 Å². The first-order valence-corrected chi connectivity index (χ1v) is 10.2. The molecule has 0 spiro atoms. The normalized spacial score (nSPS) is 10.6. The van der Waals surface area contributed by atoms with Crippen LogP contribution in [-0.4, -0.2) is 38.3 Å². The van der Waals surface area contributed by atoms with Gasteiger partial charge in [-0.05, 0) is 18.6 Å². The molecule has 0 aliphatic rings. The maximum atomic E-state index is 12.4. The minimum atomic E-state index is -0.0224. The first-order chi connectivity index (χ1) is 14.2. The van der Waals surface area contributed by atoms with Crippen molar-refractivity contribution in [3.05, 3.63) is 59.5 Å². The smallest absolute Gasteiger partial charge is 0.225 e. The summed E-state index contributed by atoms with van der Waals surface area (Å²) in [4.78, 5) is 18.1. The van der Waals surface area contributed by atoms with Crippen molar-refractivity contribution >= 4 is 28.1 Å². The Morgan fingerprint density at radius 2 is 1.83 bits per heavy atom. The van der Waals surface area contributed by atoms with Crippen LogP contribution in [0.5, 0.6) is 5.75 Å². The van der Waals surface area contributed by atoms with Crippen LogP contribution < -0.4 is 15.4 Å². The fourth-order valence-electron chi connectivity index (χ4n) is 2.86. The number of amides is 1. The Morgan fingerprint density at radius 1 is 1.07 bits per heavy atom. The molecule has 152 valence electrons. The molecule has 3 aromatic rings. The van der Waals surface area contributed by atoms with Crippen LogP contribution in [0, 0.1) is 0 Å². The van der Waals surface area contributed by atoms with E-state index in [9.17, 15) is 4.79 Å². The molecule has 0 unspecified atom stereocenters. The molecule has 0 atom stereocenters. The first-order valence-electron chi connectivity index (χ1n) is 9.42. The van der Waals surface area contributed by atoms with Gasteiger partial charge in [-0.3, -0.25) is 4.79 Å². The molecule has 1 aromatic heterocycles. The van der Waals surface area contributed by atoms with Gasteiger partial charge in [0.15, 0.2) is 5.13 Å². The van der Waals surface area contributed by atoms with Gasteiger partial charge in [0.25, 0.3) is 0 Å². The number of rotatable bonds is 10. The molecule has 0 radical (unpaired) electrons. The molecule has 29 heavy (non-hydrogen) atoms. The van der Waals surface area contributed by atoms with E-state index in [0.29, 0.717) is 13.2 Å². The van der Waals surface area contributed by atoms with Crippen molar-refractivity contribution in [2.24, 2.45) is 0 Å². The number of carbonyl (C=O) groups is 1. The van der Waals surface area contributed by atoms with E-state index in [1.165, 1.54) is 11.3 Å². The standard InChI is InChI=1S/C22H25N3O3S/c1-27-14-8-13-23-20(26)15-19-21(16-9-4-3-5-10-16)25-22(29-19)24-17-11-6-7-12-18(17)28-2/h3-7,9-12H,8,13-15H2,1-2H3,(H,23,26)(H,24,25).